The summed E-state index contributed by atoms with van der Waals surface area (Å²) in [6, 6.07) is 23.6. The molecule has 154 valence electrons. The molecule has 1 aliphatic heterocycles. The summed E-state index contributed by atoms with van der Waals surface area (Å²) in [6.07, 6.45) is 0.383. The first-order chi connectivity index (χ1) is 14.6. The highest BCUT2D eigenvalue weighted by molar-refractivity contribution is 6.01. The number of rotatable bonds is 8. The molecular weight excluding hydrogens is 381 g/mol. The minimum absolute atomic E-state index is 0.0699. The largest absolute Gasteiger partial charge is 0.489 e. The maximum absolute atomic E-state index is 13.0. The summed E-state index contributed by atoms with van der Waals surface area (Å²) >= 11 is 0. The van der Waals surface area contributed by atoms with Crippen molar-refractivity contribution in [2.75, 3.05) is 11.4 Å². The molecule has 3 aromatic rings. The summed E-state index contributed by atoms with van der Waals surface area (Å²) < 4.78 is 18.8. The van der Waals surface area contributed by atoms with Gasteiger partial charge in [-0.1, -0.05) is 42.5 Å². The number of hydrogen-bond donors (Lipinski definition) is 1. The van der Waals surface area contributed by atoms with Crippen molar-refractivity contribution in [1.29, 1.82) is 0 Å². The van der Waals surface area contributed by atoms with Gasteiger partial charge in [0.15, 0.2) is 0 Å². The van der Waals surface area contributed by atoms with Crippen LogP contribution in [0.1, 0.15) is 17.5 Å². The van der Waals surface area contributed by atoms with Crippen LogP contribution in [0.2, 0.25) is 0 Å². The minimum Gasteiger partial charge on any atom is -0.489 e. The van der Waals surface area contributed by atoms with Crippen LogP contribution < -0.4 is 9.64 Å². The van der Waals surface area contributed by atoms with E-state index in [0.29, 0.717) is 26.0 Å². The Balaban J connectivity index is 1.26. The molecule has 0 saturated carbocycles. The Morgan fingerprint density at radius 3 is 2.33 bits per heavy atom. The van der Waals surface area contributed by atoms with E-state index in [1.165, 1.54) is 12.1 Å². The molecule has 1 aliphatic rings. The number of anilines is 1. The van der Waals surface area contributed by atoms with Crippen LogP contribution in [0.5, 0.6) is 5.75 Å². The zero-order valence-corrected chi connectivity index (χ0v) is 16.6. The molecule has 0 aliphatic carbocycles. The number of nitrogens with zero attached hydrogens (tertiary/aromatic N) is 1. The van der Waals surface area contributed by atoms with Crippen LogP contribution in [0.3, 0.4) is 0 Å². The first kappa shape index (κ1) is 20.1. The lowest BCUT2D eigenvalue weighted by Crippen LogP contribution is -2.57. The van der Waals surface area contributed by atoms with Crippen molar-refractivity contribution in [1.82, 2.24) is 0 Å². The van der Waals surface area contributed by atoms with E-state index in [-0.39, 0.29) is 17.6 Å². The number of ether oxygens (including phenoxy) is 1. The predicted octanol–water partition coefficient (Wildman–Crippen LogP) is 4.36. The second-order valence-electron chi connectivity index (χ2n) is 7.56. The van der Waals surface area contributed by atoms with Gasteiger partial charge in [-0.15, -0.1) is 0 Å². The van der Waals surface area contributed by atoms with Gasteiger partial charge in [-0.25, -0.2) is 4.39 Å². The molecule has 4 nitrogen and oxygen atoms in total. The molecule has 0 bridgehead atoms. The van der Waals surface area contributed by atoms with Crippen LogP contribution >= 0.6 is 0 Å². The number of β-lactam (4-membered cyclic amide) rings is 1. The van der Waals surface area contributed by atoms with Gasteiger partial charge in [-0.2, -0.15) is 0 Å². The van der Waals surface area contributed by atoms with E-state index in [0.717, 1.165) is 22.6 Å². The van der Waals surface area contributed by atoms with Crippen LogP contribution in [0.25, 0.3) is 0 Å². The van der Waals surface area contributed by atoms with Crippen molar-refractivity contribution in [3.8, 4) is 5.75 Å². The van der Waals surface area contributed by atoms with Gasteiger partial charge < -0.3 is 14.7 Å². The number of hydrogen-bond acceptors (Lipinski definition) is 3. The van der Waals surface area contributed by atoms with Gasteiger partial charge in [0.25, 0.3) is 0 Å². The van der Waals surface area contributed by atoms with Crippen LogP contribution in [0.15, 0.2) is 78.9 Å². The second kappa shape index (κ2) is 9.09. The average molecular weight is 405 g/mol. The Kier molecular flexibility index (Phi) is 6.10. The molecule has 0 radical (unpaired) electrons. The normalized spacial score (nSPS) is 16.8. The number of benzene rings is 3. The molecule has 5 heteroatoms. The lowest BCUT2D eigenvalue weighted by Gasteiger charge is -2.40. The van der Waals surface area contributed by atoms with Crippen LogP contribution in [0, 0.1) is 11.7 Å². The topological polar surface area (TPSA) is 49.8 Å². The van der Waals surface area contributed by atoms with Crippen molar-refractivity contribution >= 4 is 11.6 Å². The monoisotopic (exact) mass is 405 g/mol. The minimum atomic E-state index is -0.702. The number of aryl methyl sites for hydroxylation is 1. The summed E-state index contributed by atoms with van der Waals surface area (Å²) in [7, 11) is 0. The van der Waals surface area contributed by atoms with E-state index in [1.54, 1.807) is 17.0 Å². The number of carbonyl (C=O) groups excluding carboxylic acids is 1. The van der Waals surface area contributed by atoms with E-state index in [4.69, 9.17) is 4.74 Å². The molecule has 1 fully saturated rings. The molecule has 1 amide bonds. The fourth-order valence-electron chi connectivity index (χ4n) is 3.60. The highest BCUT2D eigenvalue weighted by Gasteiger charge is 2.41. The van der Waals surface area contributed by atoms with Gasteiger partial charge in [-0.05, 0) is 60.4 Å². The number of aliphatic hydroxyl groups is 1. The van der Waals surface area contributed by atoms with Gasteiger partial charge in [-0.3, -0.25) is 4.79 Å². The van der Waals surface area contributed by atoms with Crippen molar-refractivity contribution in [3.63, 3.8) is 0 Å². The van der Waals surface area contributed by atoms with Gasteiger partial charge in [0.2, 0.25) is 5.91 Å². The van der Waals surface area contributed by atoms with E-state index in [2.05, 4.69) is 0 Å². The van der Waals surface area contributed by atoms with Gasteiger partial charge in [0.05, 0.1) is 12.0 Å². The van der Waals surface area contributed by atoms with Crippen molar-refractivity contribution in [3.05, 3.63) is 95.8 Å². The first-order valence-corrected chi connectivity index (χ1v) is 10.1. The molecule has 0 aromatic heterocycles. The highest BCUT2D eigenvalue weighted by Crippen LogP contribution is 2.31. The molecule has 30 heavy (non-hydrogen) atoms. The Bertz CT molecular complexity index is 974. The van der Waals surface area contributed by atoms with Gasteiger partial charge in [0.1, 0.15) is 18.2 Å². The van der Waals surface area contributed by atoms with E-state index in [9.17, 15) is 14.3 Å². The molecule has 1 unspecified atom stereocenters. The van der Waals surface area contributed by atoms with E-state index < -0.39 is 6.10 Å². The summed E-state index contributed by atoms with van der Waals surface area (Å²) in [5, 5.41) is 10.4. The number of amides is 1. The van der Waals surface area contributed by atoms with Crippen LogP contribution in [-0.2, 0) is 17.8 Å². The van der Waals surface area contributed by atoms with Crippen molar-refractivity contribution in [2.24, 2.45) is 5.92 Å². The molecule has 1 N–H and O–H groups in total. The molecular formula is C25H24FNO3. The highest BCUT2D eigenvalue weighted by atomic mass is 19.1. The fourth-order valence-corrected chi connectivity index (χ4v) is 3.60. The molecule has 4 rings (SSSR count). The SMILES string of the molecule is O=C1[C@@H](C(O)CCc2ccc(F)cc2)CN1c1ccc(OCc2ccccc2)cc1. The lowest BCUT2D eigenvalue weighted by atomic mass is 9.88. The van der Waals surface area contributed by atoms with Crippen LogP contribution in [-0.4, -0.2) is 23.7 Å². The maximum Gasteiger partial charge on any atom is 0.234 e. The first-order valence-electron chi connectivity index (χ1n) is 10.1. The Morgan fingerprint density at radius 2 is 1.67 bits per heavy atom. The van der Waals surface area contributed by atoms with Crippen LogP contribution in [0.4, 0.5) is 10.1 Å². The number of aliphatic hydroxyl groups excluding tert-OH is 1. The molecule has 1 heterocycles. The summed E-state index contributed by atoms with van der Waals surface area (Å²) in [6.45, 7) is 0.985. The molecule has 1 saturated heterocycles. The van der Waals surface area contributed by atoms with E-state index >= 15 is 0 Å². The number of halogens is 1. The third-order valence-corrected chi connectivity index (χ3v) is 5.47. The lowest BCUT2D eigenvalue weighted by molar-refractivity contribution is -0.131. The third-order valence-electron chi connectivity index (χ3n) is 5.47. The summed E-state index contributed by atoms with van der Waals surface area (Å²) in [5.74, 6) is 0.00562. The summed E-state index contributed by atoms with van der Waals surface area (Å²) in [5.41, 5.74) is 2.84. The van der Waals surface area contributed by atoms with E-state index in [1.807, 2.05) is 54.6 Å². The molecule has 0 spiro atoms. The molecule has 2 atom stereocenters. The second-order valence-corrected chi connectivity index (χ2v) is 7.56. The Labute approximate surface area is 175 Å². The summed E-state index contributed by atoms with van der Waals surface area (Å²) in [4.78, 5) is 14.2. The standard InChI is InChI=1S/C25H24FNO3/c26-20-9-6-18(7-10-20)8-15-24(28)23-16-27(25(23)29)21-11-13-22(14-12-21)30-17-19-4-2-1-3-5-19/h1-7,9-14,23-24,28H,8,15-17H2/t23-,24?/m1/s1. The van der Waals surface area contributed by atoms with Gasteiger partial charge >= 0.3 is 0 Å². The predicted molar refractivity (Wildman–Crippen MR) is 114 cm³/mol. The average Bonchev–Trinajstić information content (AvgIpc) is 2.78. The maximum atomic E-state index is 13.0. The van der Waals surface area contributed by atoms with Crippen molar-refractivity contribution < 1.29 is 19.0 Å². The quantitative estimate of drug-likeness (QED) is 0.567. The third kappa shape index (κ3) is 4.69. The van der Waals surface area contributed by atoms with Gasteiger partial charge in [0, 0.05) is 12.2 Å². The Hall–Kier alpha value is -3.18. The Morgan fingerprint density at radius 1 is 0.967 bits per heavy atom. The zero-order valence-electron chi connectivity index (χ0n) is 16.6. The van der Waals surface area contributed by atoms with Crippen molar-refractivity contribution in [2.45, 2.75) is 25.6 Å². The fraction of sp³-hybridized carbons (Fsp3) is 0.240. The number of carbonyl (C=O) groups is 1. The molecule has 3 aromatic carbocycles. The smallest absolute Gasteiger partial charge is 0.234 e. The zero-order chi connectivity index (χ0) is 20.9.